The Morgan fingerprint density at radius 1 is 1.20 bits per heavy atom. The maximum atomic E-state index is 13.6. The molecule has 0 heterocycles. The minimum Gasteiger partial charge on any atom is -0.504 e. The van der Waals surface area contributed by atoms with Crippen molar-refractivity contribution in [3.8, 4) is 11.5 Å². The summed E-state index contributed by atoms with van der Waals surface area (Å²) in [6.07, 6.45) is 0.911. The largest absolute Gasteiger partial charge is 0.504 e. The molecule has 0 bridgehead atoms. The van der Waals surface area contributed by atoms with E-state index in [9.17, 15) is 9.50 Å². The van der Waals surface area contributed by atoms with E-state index in [0.29, 0.717) is 10.2 Å². The third-order valence-corrected chi connectivity index (χ3v) is 2.48. The van der Waals surface area contributed by atoms with E-state index in [-0.39, 0.29) is 5.75 Å². The van der Waals surface area contributed by atoms with Crippen molar-refractivity contribution in [3.05, 3.63) is 17.9 Å². The van der Waals surface area contributed by atoms with Crippen LogP contribution in [0, 0.1) is 5.82 Å². The summed E-state index contributed by atoms with van der Waals surface area (Å²) in [7, 11) is 3.72. The van der Waals surface area contributed by atoms with Gasteiger partial charge >= 0.3 is 0 Å². The first-order valence-electron chi connectivity index (χ1n) is 4.93. The van der Waals surface area contributed by atoms with Crippen LogP contribution >= 0.6 is 0 Å². The Bertz CT molecular complexity index is 364. The lowest BCUT2D eigenvalue weighted by Crippen LogP contribution is -2.41. The Kier molecular flexibility index (Phi) is 3.19. The molecule has 0 amide bonds. The number of hydrogen-bond donors (Lipinski definition) is 2. The molecule has 15 heavy (non-hydrogen) atoms. The summed E-state index contributed by atoms with van der Waals surface area (Å²) >= 11 is 0. The van der Waals surface area contributed by atoms with E-state index in [0.717, 1.165) is 19.0 Å². The van der Waals surface area contributed by atoms with Crippen molar-refractivity contribution in [1.82, 2.24) is 4.48 Å². The lowest BCUT2D eigenvalue weighted by atomic mass is 10.2. The summed E-state index contributed by atoms with van der Waals surface area (Å²) in [5, 5.41) is 18.5. The molecular weight excluding hydrogens is 197 g/mol. The highest BCUT2D eigenvalue weighted by atomic mass is 19.1. The number of halogens is 1. The molecule has 0 aliphatic carbocycles. The van der Waals surface area contributed by atoms with Crippen molar-refractivity contribution in [1.29, 1.82) is 0 Å². The first kappa shape index (κ1) is 11.8. The van der Waals surface area contributed by atoms with Gasteiger partial charge in [0, 0.05) is 12.1 Å². The van der Waals surface area contributed by atoms with Gasteiger partial charge in [0.15, 0.2) is 23.0 Å². The summed E-state index contributed by atoms with van der Waals surface area (Å²) in [6, 6.07) is 2.22. The van der Waals surface area contributed by atoms with Gasteiger partial charge in [-0.05, 0) is 6.42 Å². The van der Waals surface area contributed by atoms with E-state index in [4.69, 9.17) is 5.11 Å². The fraction of sp³-hybridized carbons (Fsp3) is 0.455. The monoisotopic (exact) mass is 214 g/mol. The fourth-order valence-electron chi connectivity index (χ4n) is 1.68. The molecule has 0 radical (unpaired) electrons. The predicted molar refractivity (Wildman–Crippen MR) is 58.5 cm³/mol. The topological polar surface area (TPSA) is 40.5 Å². The normalized spacial score (nSPS) is 11.7. The van der Waals surface area contributed by atoms with Crippen molar-refractivity contribution in [2.24, 2.45) is 0 Å². The van der Waals surface area contributed by atoms with Crippen LogP contribution in [0.5, 0.6) is 11.5 Å². The second-order valence-corrected chi connectivity index (χ2v) is 4.20. The number of quaternary nitrogens is 1. The lowest BCUT2D eigenvalue weighted by Gasteiger charge is -2.29. The van der Waals surface area contributed by atoms with Crippen LogP contribution in [0.1, 0.15) is 13.3 Å². The van der Waals surface area contributed by atoms with E-state index in [1.165, 1.54) is 6.07 Å². The molecule has 0 atom stereocenters. The van der Waals surface area contributed by atoms with Gasteiger partial charge in [-0.1, -0.05) is 6.92 Å². The van der Waals surface area contributed by atoms with Gasteiger partial charge < -0.3 is 10.2 Å². The molecule has 3 nitrogen and oxygen atoms in total. The van der Waals surface area contributed by atoms with Crippen LogP contribution in [0.15, 0.2) is 12.1 Å². The Morgan fingerprint density at radius 2 is 1.73 bits per heavy atom. The molecule has 0 fully saturated rings. The summed E-state index contributed by atoms with van der Waals surface area (Å²) in [5.74, 6) is -1.20. The van der Waals surface area contributed by atoms with Crippen LogP contribution in [-0.4, -0.2) is 30.9 Å². The number of benzene rings is 1. The van der Waals surface area contributed by atoms with E-state index in [2.05, 4.69) is 0 Å². The Hall–Kier alpha value is -1.29. The molecule has 0 aromatic heterocycles. The zero-order chi connectivity index (χ0) is 11.6. The van der Waals surface area contributed by atoms with Gasteiger partial charge in [0.05, 0.1) is 20.6 Å². The fourth-order valence-corrected chi connectivity index (χ4v) is 1.68. The molecule has 84 valence electrons. The van der Waals surface area contributed by atoms with Crippen LogP contribution in [0.3, 0.4) is 0 Å². The zero-order valence-corrected chi connectivity index (χ0v) is 9.29. The number of rotatable bonds is 3. The van der Waals surface area contributed by atoms with Gasteiger partial charge in [-0.25, -0.2) is 4.39 Å². The SMILES string of the molecule is CCC[N+](C)(C)c1cc(O)c(O)cc1F. The minimum absolute atomic E-state index is 0.284. The molecule has 0 spiro atoms. The van der Waals surface area contributed by atoms with Crippen LogP contribution in [0.4, 0.5) is 10.1 Å². The Morgan fingerprint density at radius 3 is 2.27 bits per heavy atom. The highest BCUT2D eigenvalue weighted by molar-refractivity contribution is 5.53. The molecule has 1 rings (SSSR count). The number of hydrogen-bond acceptors (Lipinski definition) is 2. The van der Waals surface area contributed by atoms with Crippen molar-refractivity contribution < 1.29 is 14.6 Å². The van der Waals surface area contributed by atoms with Gasteiger partial charge in [-0.2, -0.15) is 0 Å². The molecule has 0 aliphatic rings. The predicted octanol–water partition coefficient (Wildman–Crippen LogP) is 2.21. The Balaban J connectivity index is 3.19. The average Bonchev–Trinajstić information content (AvgIpc) is 2.11. The summed E-state index contributed by atoms with van der Waals surface area (Å²) in [4.78, 5) is 0. The molecule has 0 aliphatic heterocycles. The maximum absolute atomic E-state index is 13.6. The molecule has 0 unspecified atom stereocenters. The van der Waals surface area contributed by atoms with E-state index < -0.39 is 11.6 Å². The van der Waals surface area contributed by atoms with E-state index in [1.807, 2.05) is 21.0 Å². The minimum atomic E-state index is -0.497. The molecule has 1 aromatic carbocycles. The van der Waals surface area contributed by atoms with Crippen molar-refractivity contribution in [3.63, 3.8) is 0 Å². The molecule has 2 N–H and O–H groups in total. The van der Waals surface area contributed by atoms with Crippen LogP contribution in [0.2, 0.25) is 0 Å². The van der Waals surface area contributed by atoms with Crippen molar-refractivity contribution in [2.75, 3.05) is 20.6 Å². The van der Waals surface area contributed by atoms with Gasteiger partial charge in [0.25, 0.3) is 0 Å². The molecule has 0 saturated carbocycles. The van der Waals surface area contributed by atoms with E-state index >= 15 is 0 Å². The standard InChI is InChI=1S/C11H16FNO2/c1-4-5-13(2,3)9-7-11(15)10(14)6-8(9)12/h6-7H,4-5H2,1-3H3,(H-,14,15)/p+1. The van der Waals surface area contributed by atoms with Gasteiger partial charge in [-0.15, -0.1) is 0 Å². The van der Waals surface area contributed by atoms with Crippen molar-refractivity contribution in [2.45, 2.75) is 13.3 Å². The number of aromatic hydroxyl groups is 2. The molecule has 0 saturated heterocycles. The van der Waals surface area contributed by atoms with E-state index in [1.54, 1.807) is 0 Å². The Labute approximate surface area is 89.0 Å². The summed E-state index contributed by atoms with van der Waals surface area (Å²) in [5.41, 5.74) is 0.382. The summed E-state index contributed by atoms with van der Waals surface area (Å²) in [6.45, 7) is 2.78. The van der Waals surface area contributed by atoms with Gasteiger partial charge in [0.2, 0.25) is 0 Å². The molecular formula is C11H17FNO2+. The van der Waals surface area contributed by atoms with Crippen LogP contribution in [-0.2, 0) is 0 Å². The third-order valence-electron chi connectivity index (χ3n) is 2.48. The highest BCUT2D eigenvalue weighted by Gasteiger charge is 2.24. The van der Waals surface area contributed by atoms with Crippen molar-refractivity contribution >= 4 is 5.69 Å². The zero-order valence-electron chi connectivity index (χ0n) is 9.29. The smallest absolute Gasteiger partial charge is 0.187 e. The number of phenols is 2. The first-order chi connectivity index (χ1) is 6.88. The highest BCUT2D eigenvalue weighted by Crippen LogP contribution is 2.34. The molecule has 4 heteroatoms. The first-order valence-corrected chi connectivity index (χ1v) is 4.93. The van der Waals surface area contributed by atoms with Crippen LogP contribution < -0.4 is 4.48 Å². The lowest BCUT2D eigenvalue weighted by molar-refractivity contribution is 0.367. The van der Waals surface area contributed by atoms with Gasteiger partial charge in [0.1, 0.15) is 0 Å². The maximum Gasteiger partial charge on any atom is 0.187 e. The van der Waals surface area contributed by atoms with Crippen LogP contribution in [0.25, 0.3) is 0 Å². The van der Waals surface area contributed by atoms with Gasteiger partial charge in [-0.3, -0.25) is 4.48 Å². The third kappa shape index (κ3) is 2.39. The molecule has 1 aromatic rings. The average molecular weight is 214 g/mol. The second-order valence-electron chi connectivity index (χ2n) is 4.20. The quantitative estimate of drug-likeness (QED) is 0.598. The number of nitrogens with zero attached hydrogens (tertiary/aromatic N) is 1. The second kappa shape index (κ2) is 4.06. The number of phenolic OH excluding ortho intramolecular Hbond substituents is 2. The summed E-state index contributed by atoms with van der Waals surface area (Å²) < 4.78 is 13.9.